The summed E-state index contributed by atoms with van der Waals surface area (Å²) >= 11 is 0. The van der Waals surface area contributed by atoms with Gasteiger partial charge >= 0.3 is 0 Å². The van der Waals surface area contributed by atoms with Crippen molar-refractivity contribution in [2.75, 3.05) is 19.7 Å². The first-order valence-electron chi connectivity index (χ1n) is 7.86. The topological polar surface area (TPSA) is 54.5 Å². The molecule has 3 heterocycles. The average molecular weight is 287 g/mol. The van der Waals surface area contributed by atoms with Crippen LogP contribution in [0.2, 0.25) is 0 Å². The lowest BCUT2D eigenvalue weighted by Gasteiger charge is -2.35. The Bertz CT molecular complexity index is 518. The van der Waals surface area contributed by atoms with Crippen LogP contribution in [-0.2, 0) is 4.74 Å². The number of hydrogen-bond donors (Lipinski definition) is 1. The van der Waals surface area contributed by atoms with Crippen LogP contribution < -0.4 is 5.32 Å². The van der Waals surface area contributed by atoms with E-state index in [0.29, 0.717) is 17.7 Å². The van der Waals surface area contributed by atoms with Crippen molar-refractivity contribution in [3.05, 3.63) is 30.1 Å². The molecule has 3 atom stereocenters. The van der Waals surface area contributed by atoms with Crippen LogP contribution in [0.1, 0.15) is 29.6 Å². The minimum atomic E-state index is 0.00177. The summed E-state index contributed by atoms with van der Waals surface area (Å²) in [5, 5.41) is 3.15. The number of amides is 1. The van der Waals surface area contributed by atoms with Crippen molar-refractivity contribution in [3.63, 3.8) is 0 Å². The lowest BCUT2D eigenvalue weighted by Crippen LogP contribution is -2.47. The maximum absolute atomic E-state index is 12.2. The van der Waals surface area contributed by atoms with E-state index >= 15 is 0 Å². The van der Waals surface area contributed by atoms with Crippen molar-refractivity contribution in [1.82, 2.24) is 15.2 Å². The molecule has 0 unspecified atom stereocenters. The third-order valence-electron chi connectivity index (χ3n) is 4.87. The Hall–Kier alpha value is -1.46. The van der Waals surface area contributed by atoms with Crippen molar-refractivity contribution in [2.24, 2.45) is 5.92 Å². The molecule has 21 heavy (non-hydrogen) atoms. The fraction of sp³-hybridized carbons (Fsp3) is 0.625. The van der Waals surface area contributed by atoms with Crippen LogP contribution in [0.5, 0.6) is 0 Å². The molecule has 0 aromatic carbocycles. The van der Waals surface area contributed by atoms with Crippen LogP contribution in [-0.4, -0.2) is 53.7 Å². The van der Waals surface area contributed by atoms with E-state index < -0.39 is 0 Å². The summed E-state index contributed by atoms with van der Waals surface area (Å²) < 4.78 is 5.99. The molecule has 0 radical (unpaired) electrons. The summed E-state index contributed by atoms with van der Waals surface area (Å²) in [6, 6.07) is 4.22. The Morgan fingerprint density at radius 1 is 1.29 bits per heavy atom. The molecule has 3 fully saturated rings. The molecule has 5 nitrogen and oxygen atoms in total. The predicted molar refractivity (Wildman–Crippen MR) is 77.9 cm³/mol. The monoisotopic (exact) mass is 287 g/mol. The first kappa shape index (κ1) is 13.2. The van der Waals surface area contributed by atoms with Gasteiger partial charge < -0.3 is 10.1 Å². The van der Waals surface area contributed by atoms with E-state index in [2.05, 4.69) is 15.2 Å². The van der Waals surface area contributed by atoms with Crippen molar-refractivity contribution in [3.8, 4) is 0 Å². The van der Waals surface area contributed by atoms with Gasteiger partial charge in [-0.05, 0) is 37.3 Å². The third-order valence-corrected chi connectivity index (χ3v) is 4.87. The minimum Gasteiger partial charge on any atom is -0.375 e. The second-order valence-corrected chi connectivity index (χ2v) is 6.46. The van der Waals surface area contributed by atoms with E-state index in [1.165, 1.54) is 12.8 Å². The highest BCUT2D eigenvalue weighted by Crippen LogP contribution is 2.37. The number of ether oxygens (including phenoxy) is 1. The first-order chi connectivity index (χ1) is 10.3. The lowest BCUT2D eigenvalue weighted by atomic mass is 10.1. The number of aromatic nitrogens is 1. The summed E-state index contributed by atoms with van der Waals surface area (Å²) in [5.74, 6) is 0.790. The highest BCUT2D eigenvalue weighted by Gasteiger charge is 2.42. The van der Waals surface area contributed by atoms with Crippen LogP contribution in [0, 0.1) is 5.92 Å². The molecule has 4 rings (SSSR count). The lowest BCUT2D eigenvalue weighted by molar-refractivity contribution is -0.0581. The van der Waals surface area contributed by atoms with Gasteiger partial charge in [0.1, 0.15) is 0 Å². The van der Waals surface area contributed by atoms with Crippen LogP contribution in [0.15, 0.2) is 24.5 Å². The molecule has 0 bridgehead atoms. The maximum atomic E-state index is 12.2. The van der Waals surface area contributed by atoms with E-state index in [1.807, 2.05) is 0 Å². The Labute approximate surface area is 124 Å². The summed E-state index contributed by atoms with van der Waals surface area (Å²) in [7, 11) is 0. The van der Waals surface area contributed by atoms with Crippen LogP contribution in [0.4, 0.5) is 0 Å². The van der Waals surface area contributed by atoms with Gasteiger partial charge in [0.05, 0.1) is 12.7 Å². The number of fused-ring (bicyclic) bond motifs is 1. The van der Waals surface area contributed by atoms with Crippen LogP contribution >= 0.6 is 0 Å². The quantitative estimate of drug-likeness (QED) is 0.903. The van der Waals surface area contributed by atoms with Gasteiger partial charge in [-0.1, -0.05) is 0 Å². The highest BCUT2D eigenvalue weighted by molar-refractivity contribution is 5.94. The number of carbonyl (C=O) groups is 1. The second kappa shape index (κ2) is 5.39. The van der Waals surface area contributed by atoms with E-state index in [9.17, 15) is 4.79 Å². The average Bonchev–Trinajstić information content (AvgIpc) is 3.28. The molecule has 112 valence electrons. The molecule has 1 aromatic rings. The molecular weight excluding hydrogens is 266 g/mol. The molecule has 5 heteroatoms. The minimum absolute atomic E-state index is 0.00177. The number of rotatable bonds is 3. The molecular formula is C16H21N3O2. The summed E-state index contributed by atoms with van der Waals surface area (Å²) in [5.41, 5.74) is 0.682. The van der Waals surface area contributed by atoms with Crippen LogP contribution in [0.25, 0.3) is 0 Å². The third kappa shape index (κ3) is 2.80. The summed E-state index contributed by atoms with van der Waals surface area (Å²) in [6.45, 7) is 2.81. The van der Waals surface area contributed by atoms with Gasteiger partial charge in [0.25, 0.3) is 5.91 Å². The Morgan fingerprint density at radius 3 is 2.86 bits per heavy atom. The molecule has 1 aliphatic carbocycles. The zero-order valence-electron chi connectivity index (χ0n) is 12.1. The number of morpholine rings is 1. The second-order valence-electron chi connectivity index (χ2n) is 6.46. The van der Waals surface area contributed by atoms with E-state index in [1.54, 1.807) is 24.5 Å². The van der Waals surface area contributed by atoms with Gasteiger partial charge in [0, 0.05) is 43.1 Å². The predicted octanol–water partition coefficient (Wildman–Crippen LogP) is 1.06. The van der Waals surface area contributed by atoms with Gasteiger partial charge in [-0.2, -0.15) is 0 Å². The highest BCUT2D eigenvalue weighted by atomic mass is 16.5. The number of nitrogens with one attached hydrogen (secondary N) is 1. The van der Waals surface area contributed by atoms with Gasteiger partial charge in [-0.3, -0.25) is 14.7 Å². The summed E-state index contributed by atoms with van der Waals surface area (Å²) in [4.78, 5) is 18.6. The van der Waals surface area contributed by atoms with Crippen molar-refractivity contribution >= 4 is 5.91 Å². The van der Waals surface area contributed by atoms with Gasteiger partial charge in [-0.15, -0.1) is 0 Å². The Balaban J connectivity index is 1.35. The molecule has 1 amide bonds. The zero-order valence-corrected chi connectivity index (χ0v) is 12.1. The van der Waals surface area contributed by atoms with E-state index in [4.69, 9.17) is 4.74 Å². The normalized spacial score (nSPS) is 32.7. The van der Waals surface area contributed by atoms with Crippen molar-refractivity contribution < 1.29 is 9.53 Å². The standard InChI is InChI=1S/C16H21N3O2/c20-16(12-3-5-17-6-4-12)18-13-7-14-10-21-15(11-1-2-11)9-19(14)8-13/h3-6,11,13-15H,1-2,7-10H2,(H,18,20)/t13-,14-,15-/m0/s1. The molecule has 2 saturated heterocycles. The molecule has 1 aromatic heterocycles. The van der Waals surface area contributed by atoms with Crippen molar-refractivity contribution in [1.29, 1.82) is 0 Å². The van der Waals surface area contributed by atoms with Gasteiger partial charge in [-0.25, -0.2) is 0 Å². The van der Waals surface area contributed by atoms with Gasteiger partial charge in [0.2, 0.25) is 0 Å². The molecule has 3 aliphatic rings. The number of hydrogen-bond acceptors (Lipinski definition) is 4. The first-order valence-corrected chi connectivity index (χ1v) is 7.86. The maximum Gasteiger partial charge on any atom is 0.251 e. The fourth-order valence-electron chi connectivity index (χ4n) is 3.53. The molecule has 1 saturated carbocycles. The smallest absolute Gasteiger partial charge is 0.251 e. The largest absolute Gasteiger partial charge is 0.375 e. The van der Waals surface area contributed by atoms with Crippen LogP contribution in [0.3, 0.4) is 0 Å². The zero-order chi connectivity index (χ0) is 14.2. The van der Waals surface area contributed by atoms with Crippen molar-refractivity contribution in [2.45, 2.75) is 37.5 Å². The molecule has 0 spiro atoms. The van der Waals surface area contributed by atoms with E-state index in [0.717, 1.165) is 32.0 Å². The number of pyridine rings is 1. The Kier molecular flexibility index (Phi) is 3.39. The summed E-state index contributed by atoms with van der Waals surface area (Å²) in [6.07, 6.45) is 7.38. The molecule has 1 N–H and O–H groups in total. The fourth-order valence-corrected chi connectivity index (χ4v) is 3.53. The number of nitrogens with zero attached hydrogens (tertiary/aromatic N) is 2. The Morgan fingerprint density at radius 2 is 2.10 bits per heavy atom. The molecule has 2 aliphatic heterocycles. The number of carbonyl (C=O) groups excluding carboxylic acids is 1. The SMILES string of the molecule is O=C(N[C@H]1C[C@H]2CO[C@H](C3CC3)CN2C1)c1ccncc1. The van der Waals surface area contributed by atoms with Gasteiger partial charge in [0.15, 0.2) is 0 Å². The van der Waals surface area contributed by atoms with E-state index in [-0.39, 0.29) is 11.9 Å².